The maximum atomic E-state index is 12.0. The number of carbonyl (C=O) groups excluding carboxylic acids is 1. The lowest BCUT2D eigenvalue weighted by atomic mass is 9.91. The van der Waals surface area contributed by atoms with Crippen molar-refractivity contribution in [3.05, 3.63) is 0 Å². The molecule has 2 aliphatic rings. The molecule has 0 bridgehead atoms. The summed E-state index contributed by atoms with van der Waals surface area (Å²) in [7, 11) is 0. The standard InChI is InChI=1S/C12H18N2O2/c1-9(15)10-2-6-14(7-3-10)11(16)12(8-13)4-5-12/h9-10,15H,2-7H2,1H3. The van der Waals surface area contributed by atoms with Crippen LogP contribution < -0.4 is 0 Å². The highest BCUT2D eigenvalue weighted by Gasteiger charge is 2.52. The van der Waals surface area contributed by atoms with Gasteiger partial charge in [-0.1, -0.05) is 0 Å². The number of aliphatic hydroxyl groups excluding tert-OH is 1. The summed E-state index contributed by atoms with van der Waals surface area (Å²) in [5.74, 6) is 0.320. The zero-order valence-electron chi connectivity index (χ0n) is 9.65. The van der Waals surface area contributed by atoms with Crippen molar-refractivity contribution >= 4 is 5.91 Å². The molecule has 1 unspecified atom stereocenters. The van der Waals surface area contributed by atoms with Crippen molar-refractivity contribution in [2.75, 3.05) is 13.1 Å². The molecule has 0 aromatic heterocycles. The minimum atomic E-state index is -0.683. The van der Waals surface area contributed by atoms with Crippen LogP contribution in [0.5, 0.6) is 0 Å². The van der Waals surface area contributed by atoms with Crippen molar-refractivity contribution in [3.8, 4) is 6.07 Å². The molecule has 1 saturated carbocycles. The molecule has 88 valence electrons. The molecular weight excluding hydrogens is 204 g/mol. The lowest BCUT2D eigenvalue weighted by Gasteiger charge is -2.34. The van der Waals surface area contributed by atoms with E-state index in [2.05, 4.69) is 6.07 Å². The van der Waals surface area contributed by atoms with Crippen molar-refractivity contribution in [1.29, 1.82) is 5.26 Å². The highest BCUT2D eigenvalue weighted by Crippen LogP contribution is 2.46. The summed E-state index contributed by atoms with van der Waals surface area (Å²) in [6, 6.07) is 2.14. The number of carbonyl (C=O) groups is 1. The average molecular weight is 222 g/mol. The predicted octanol–water partition coefficient (Wildman–Crippen LogP) is 0.910. The van der Waals surface area contributed by atoms with E-state index in [-0.39, 0.29) is 12.0 Å². The van der Waals surface area contributed by atoms with E-state index in [0.717, 1.165) is 25.7 Å². The summed E-state index contributed by atoms with van der Waals surface area (Å²) < 4.78 is 0. The highest BCUT2D eigenvalue weighted by molar-refractivity contribution is 5.88. The number of amides is 1. The summed E-state index contributed by atoms with van der Waals surface area (Å²) in [6.07, 6.45) is 2.86. The third-order valence-corrected chi connectivity index (χ3v) is 3.88. The van der Waals surface area contributed by atoms with Crippen LogP contribution in [0.2, 0.25) is 0 Å². The molecule has 0 spiro atoms. The van der Waals surface area contributed by atoms with Crippen LogP contribution in [-0.2, 0) is 4.79 Å². The first kappa shape index (κ1) is 11.4. The molecule has 2 fully saturated rings. The van der Waals surface area contributed by atoms with Gasteiger partial charge in [-0.2, -0.15) is 5.26 Å². The van der Waals surface area contributed by atoms with Crippen LogP contribution >= 0.6 is 0 Å². The third kappa shape index (κ3) is 1.92. The van der Waals surface area contributed by atoms with E-state index in [1.54, 1.807) is 11.8 Å². The smallest absolute Gasteiger partial charge is 0.243 e. The Hall–Kier alpha value is -1.08. The zero-order valence-corrected chi connectivity index (χ0v) is 9.65. The number of likely N-dealkylation sites (tertiary alicyclic amines) is 1. The highest BCUT2D eigenvalue weighted by atomic mass is 16.3. The van der Waals surface area contributed by atoms with Crippen LogP contribution in [0.15, 0.2) is 0 Å². The fourth-order valence-corrected chi connectivity index (χ4v) is 2.39. The number of nitriles is 1. The molecule has 2 rings (SSSR count). The molecule has 0 aromatic rings. The SMILES string of the molecule is CC(O)C1CCN(C(=O)C2(C#N)CC2)CC1. The first-order chi connectivity index (χ1) is 7.59. The Morgan fingerprint density at radius 3 is 2.44 bits per heavy atom. The maximum Gasteiger partial charge on any atom is 0.243 e. The summed E-state index contributed by atoms with van der Waals surface area (Å²) in [6.45, 7) is 3.19. The van der Waals surface area contributed by atoms with Crippen LogP contribution in [-0.4, -0.2) is 35.1 Å². The van der Waals surface area contributed by atoms with Crippen molar-refractivity contribution in [2.24, 2.45) is 11.3 Å². The van der Waals surface area contributed by atoms with Crippen LogP contribution in [0.1, 0.15) is 32.6 Å². The normalized spacial score (nSPS) is 25.9. The van der Waals surface area contributed by atoms with Gasteiger partial charge in [-0.3, -0.25) is 4.79 Å². The Kier molecular flexibility index (Phi) is 2.90. The van der Waals surface area contributed by atoms with E-state index < -0.39 is 5.41 Å². The summed E-state index contributed by atoms with van der Waals surface area (Å²) >= 11 is 0. The zero-order chi connectivity index (χ0) is 11.8. The van der Waals surface area contributed by atoms with Gasteiger partial charge in [-0.15, -0.1) is 0 Å². The van der Waals surface area contributed by atoms with Crippen molar-refractivity contribution in [1.82, 2.24) is 4.90 Å². The number of nitrogens with zero attached hydrogens (tertiary/aromatic N) is 2. The fraction of sp³-hybridized carbons (Fsp3) is 0.833. The first-order valence-electron chi connectivity index (χ1n) is 5.98. The van der Waals surface area contributed by atoms with Gasteiger partial charge in [0.25, 0.3) is 0 Å². The lowest BCUT2D eigenvalue weighted by Crippen LogP contribution is -2.43. The maximum absolute atomic E-state index is 12.0. The molecule has 1 aliphatic heterocycles. The average Bonchev–Trinajstić information content (AvgIpc) is 3.09. The van der Waals surface area contributed by atoms with E-state index in [1.807, 2.05) is 0 Å². The molecule has 1 atom stereocenters. The van der Waals surface area contributed by atoms with Crippen LogP contribution in [0.25, 0.3) is 0 Å². The predicted molar refractivity (Wildman–Crippen MR) is 58.3 cm³/mol. The number of aliphatic hydroxyl groups is 1. The van der Waals surface area contributed by atoms with E-state index in [4.69, 9.17) is 5.26 Å². The quantitative estimate of drug-likeness (QED) is 0.755. The van der Waals surface area contributed by atoms with Gasteiger partial charge in [0.15, 0.2) is 0 Å². The molecule has 1 aliphatic carbocycles. The topological polar surface area (TPSA) is 64.3 Å². The van der Waals surface area contributed by atoms with Gasteiger partial charge in [-0.05, 0) is 38.5 Å². The minimum absolute atomic E-state index is 0.0130. The van der Waals surface area contributed by atoms with Crippen molar-refractivity contribution in [2.45, 2.75) is 38.7 Å². The van der Waals surface area contributed by atoms with Gasteiger partial charge in [-0.25, -0.2) is 0 Å². The Morgan fingerprint density at radius 2 is 2.06 bits per heavy atom. The molecule has 1 saturated heterocycles. The van der Waals surface area contributed by atoms with Gasteiger partial charge in [0, 0.05) is 13.1 Å². The van der Waals surface area contributed by atoms with Gasteiger partial charge < -0.3 is 10.0 Å². The van der Waals surface area contributed by atoms with Gasteiger partial charge in [0.05, 0.1) is 12.2 Å². The molecule has 4 heteroatoms. The van der Waals surface area contributed by atoms with Crippen LogP contribution in [0, 0.1) is 22.7 Å². The lowest BCUT2D eigenvalue weighted by molar-refractivity contribution is -0.136. The molecule has 1 N–H and O–H groups in total. The molecule has 4 nitrogen and oxygen atoms in total. The Morgan fingerprint density at radius 1 is 1.50 bits per heavy atom. The van der Waals surface area contributed by atoms with Gasteiger partial charge in [0.1, 0.15) is 5.41 Å². The summed E-state index contributed by atoms with van der Waals surface area (Å²) in [5.41, 5.74) is -0.683. The molecule has 0 aromatic carbocycles. The third-order valence-electron chi connectivity index (χ3n) is 3.88. The second-order valence-corrected chi connectivity index (χ2v) is 5.06. The van der Waals surface area contributed by atoms with Gasteiger partial charge in [0.2, 0.25) is 5.91 Å². The summed E-state index contributed by atoms with van der Waals surface area (Å²) in [4.78, 5) is 13.8. The minimum Gasteiger partial charge on any atom is -0.393 e. The van der Waals surface area contributed by atoms with E-state index in [0.29, 0.717) is 19.0 Å². The fourth-order valence-electron chi connectivity index (χ4n) is 2.39. The Labute approximate surface area is 95.9 Å². The van der Waals surface area contributed by atoms with Crippen molar-refractivity contribution < 1.29 is 9.90 Å². The largest absolute Gasteiger partial charge is 0.393 e. The number of hydrogen-bond acceptors (Lipinski definition) is 3. The molecule has 1 heterocycles. The van der Waals surface area contributed by atoms with Crippen LogP contribution in [0.4, 0.5) is 0 Å². The van der Waals surface area contributed by atoms with Gasteiger partial charge >= 0.3 is 0 Å². The van der Waals surface area contributed by atoms with E-state index >= 15 is 0 Å². The van der Waals surface area contributed by atoms with E-state index in [9.17, 15) is 9.90 Å². The molecule has 16 heavy (non-hydrogen) atoms. The Bertz CT molecular complexity index is 320. The van der Waals surface area contributed by atoms with E-state index in [1.165, 1.54) is 0 Å². The number of rotatable bonds is 2. The number of hydrogen-bond donors (Lipinski definition) is 1. The van der Waals surface area contributed by atoms with Crippen molar-refractivity contribution in [3.63, 3.8) is 0 Å². The molecule has 0 radical (unpaired) electrons. The molecule has 1 amide bonds. The second kappa shape index (κ2) is 4.06. The first-order valence-corrected chi connectivity index (χ1v) is 5.98. The Balaban J connectivity index is 1.90. The summed E-state index contributed by atoms with van der Waals surface area (Å²) in [5, 5.41) is 18.4. The number of piperidine rings is 1. The monoisotopic (exact) mass is 222 g/mol. The molecular formula is C12H18N2O2. The van der Waals surface area contributed by atoms with Crippen LogP contribution in [0.3, 0.4) is 0 Å². The second-order valence-electron chi connectivity index (χ2n) is 5.06.